The van der Waals surface area contributed by atoms with Gasteiger partial charge >= 0.3 is 0 Å². The average molecular weight is 412 g/mol. The molecule has 0 saturated heterocycles. The van der Waals surface area contributed by atoms with E-state index in [1.165, 1.54) is 25.1 Å². The van der Waals surface area contributed by atoms with Gasteiger partial charge in [0.15, 0.2) is 5.78 Å². The summed E-state index contributed by atoms with van der Waals surface area (Å²) in [5.41, 5.74) is 1.46. The highest BCUT2D eigenvalue weighted by Crippen LogP contribution is 2.28. The molecule has 1 atom stereocenters. The van der Waals surface area contributed by atoms with Crippen LogP contribution in [0.1, 0.15) is 24.2 Å². The Morgan fingerprint density at radius 3 is 2.55 bits per heavy atom. The molecule has 0 aliphatic heterocycles. The number of nitrogens with one attached hydrogen (secondary N) is 1. The number of nitro benzene ring substituents is 1. The topological polar surface area (TPSA) is 128 Å². The summed E-state index contributed by atoms with van der Waals surface area (Å²) in [6, 6.07) is 12.4. The molecule has 1 heterocycles. The highest BCUT2D eigenvalue weighted by Gasteiger charge is 2.19. The Bertz CT molecular complexity index is 1060. The van der Waals surface area contributed by atoms with Gasteiger partial charge in [-0.2, -0.15) is 0 Å². The molecule has 10 heteroatoms. The molecule has 0 fully saturated rings. The molecule has 1 aromatic heterocycles. The number of benzene rings is 2. The van der Waals surface area contributed by atoms with E-state index in [0.29, 0.717) is 16.8 Å². The van der Waals surface area contributed by atoms with Crippen LogP contribution in [0.3, 0.4) is 0 Å². The Balaban J connectivity index is 1.64. The summed E-state index contributed by atoms with van der Waals surface area (Å²) >= 11 is 1.06. The Kier molecular flexibility index (Phi) is 6.03. The second-order valence-electron chi connectivity index (χ2n) is 6.06. The Hall–Kier alpha value is -3.53. The number of thioether (sulfide) groups is 1. The monoisotopic (exact) mass is 412 g/mol. The molecular formula is C19H16N4O5S. The number of carbonyl (C=O) groups excluding carboxylic acids is 2. The molecule has 1 N–H and O–H groups in total. The van der Waals surface area contributed by atoms with Crippen LogP contribution in [0.25, 0.3) is 11.5 Å². The molecule has 3 rings (SSSR count). The minimum absolute atomic E-state index is 0.0530. The molecular weight excluding hydrogens is 396 g/mol. The third kappa shape index (κ3) is 5.05. The number of nitrogens with zero attached hydrogens (tertiary/aromatic N) is 3. The van der Waals surface area contributed by atoms with Gasteiger partial charge in [-0.15, -0.1) is 10.2 Å². The van der Waals surface area contributed by atoms with Crippen molar-refractivity contribution in [1.29, 1.82) is 0 Å². The maximum absolute atomic E-state index is 12.4. The lowest BCUT2D eigenvalue weighted by Gasteiger charge is -2.10. The van der Waals surface area contributed by atoms with Gasteiger partial charge in [0.25, 0.3) is 10.9 Å². The Morgan fingerprint density at radius 1 is 1.17 bits per heavy atom. The van der Waals surface area contributed by atoms with Crippen molar-refractivity contribution in [3.05, 3.63) is 64.2 Å². The van der Waals surface area contributed by atoms with Gasteiger partial charge in [-0.25, -0.2) is 0 Å². The van der Waals surface area contributed by atoms with Gasteiger partial charge in [-0.3, -0.25) is 19.7 Å². The third-order valence-corrected chi connectivity index (χ3v) is 4.85. The number of rotatable bonds is 7. The molecule has 3 aromatic rings. The van der Waals surface area contributed by atoms with Crippen LogP contribution in [0, 0.1) is 10.1 Å². The lowest BCUT2D eigenvalue weighted by Crippen LogP contribution is -2.22. The maximum Gasteiger partial charge on any atom is 0.277 e. The van der Waals surface area contributed by atoms with Crippen LogP contribution in [-0.4, -0.2) is 32.1 Å². The number of aromatic nitrogens is 2. The van der Waals surface area contributed by atoms with E-state index in [1.807, 2.05) is 0 Å². The van der Waals surface area contributed by atoms with Gasteiger partial charge in [0.2, 0.25) is 11.8 Å². The van der Waals surface area contributed by atoms with E-state index in [2.05, 4.69) is 15.5 Å². The SMILES string of the molecule is CC(=O)c1ccc(NC(=O)[C@H](C)Sc2nnc(-c3cccc([N+](=O)[O-])c3)o2)cc1. The van der Waals surface area contributed by atoms with Crippen molar-refractivity contribution < 1.29 is 18.9 Å². The molecule has 0 aliphatic carbocycles. The molecule has 0 unspecified atom stereocenters. The fraction of sp³-hybridized carbons (Fsp3) is 0.158. The fourth-order valence-electron chi connectivity index (χ4n) is 2.36. The average Bonchev–Trinajstić information content (AvgIpc) is 3.17. The van der Waals surface area contributed by atoms with E-state index in [1.54, 1.807) is 37.3 Å². The van der Waals surface area contributed by atoms with Crippen molar-refractivity contribution in [2.24, 2.45) is 0 Å². The lowest BCUT2D eigenvalue weighted by atomic mass is 10.1. The molecule has 0 spiro atoms. The first-order valence-electron chi connectivity index (χ1n) is 8.50. The van der Waals surface area contributed by atoms with E-state index in [9.17, 15) is 19.7 Å². The highest BCUT2D eigenvalue weighted by atomic mass is 32.2. The van der Waals surface area contributed by atoms with Gasteiger partial charge in [-0.1, -0.05) is 17.8 Å². The number of Topliss-reactive ketones (excluding diaryl/α,β-unsaturated/α-hetero) is 1. The summed E-state index contributed by atoms with van der Waals surface area (Å²) in [4.78, 5) is 34.0. The second kappa shape index (κ2) is 8.65. The van der Waals surface area contributed by atoms with Crippen molar-refractivity contribution in [2.45, 2.75) is 24.3 Å². The first-order chi connectivity index (χ1) is 13.8. The number of hydrogen-bond donors (Lipinski definition) is 1. The standard InChI is InChI=1S/C19H16N4O5S/c1-11(24)13-6-8-15(9-7-13)20-17(25)12(2)29-19-22-21-18(28-19)14-4-3-5-16(10-14)23(26)27/h3-10,12H,1-2H3,(H,20,25)/t12-/m0/s1. The lowest BCUT2D eigenvalue weighted by molar-refractivity contribution is -0.384. The number of nitro groups is 1. The zero-order valence-electron chi connectivity index (χ0n) is 15.5. The summed E-state index contributed by atoms with van der Waals surface area (Å²) in [7, 11) is 0. The number of amides is 1. The summed E-state index contributed by atoms with van der Waals surface area (Å²) < 4.78 is 5.52. The number of anilines is 1. The predicted octanol–water partition coefficient (Wildman–Crippen LogP) is 3.97. The molecule has 2 aromatic carbocycles. The maximum atomic E-state index is 12.4. The van der Waals surface area contributed by atoms with Gasteiger partial charge in [0.05, 0.1) is 10.2 Å². The van der Waals surface area contributed by atoms with Crippen LogP contribution >= 0.6 is 11.8 Å². The fourth-order valence-corrected chi connectivity index (χ4v) is 3.05. The highest BCUT2D eigenvalue weighted by molar-refractivity contribution is 8.00. The molecule has 1 amide bonds. The zero-order chi connectivity index (χ0) is 21.0. The van der Waals surface area contributed by atoms with E-state index in [-0.39, 0.29) is 28.5 Å². The van der Waals surface area contributed by atoms with Crippen LogP contribution in [0.2, 0.25) is 0 Å². The number of ketones is 1. The van der Waals surface area contributed by atoms with Crippen molar-refractivity contribution >= 4 is 34.8 Å². The van der Waals surface area contributed by atoms with E-state index < -0.39 is 10.2 Å². The Labute approximate surface area is 169 Å². The number of carbonyl (C=O) groups is 2. The first kappa shape index (κ1) is 20.2. The van der Waals surface area contributed by atoms with Crippen molar-refractivity contribution in [1.82, 2.24) is 10.2 Å². The second-order valence-corrected chi connectivity index (χ2v) is 7.36. The smallest absolute Gasteiger partial charge is 0.277 e. The quantitative estimate of drug-likeness (QED) is 0.267. The summed E-state index contributed by atoms with van der Waals surface area (Å²) in [5, 5.41) is 21.0. The van der Waals surface area contributed by atoms with Crippen LogP contribution in [0.4, 0.5) is 11.4 Å². The summed E-state index contributed by atoms with van der Waals surface area (Å²) in [5.74, 6) is -0.202. The zero-order valence-corrected chi connectivity index (χ0v) is 16.3. The molecule has 0 aliphatic rings. The van der Waals surface area contributed by atoms with Crippen LogP contribution in [-0.2, 0) is 4.79 Å². The van der Waals surface area contributed by atoms with E-state index >= 15 is 0 Å². The van der Waals surface area contributed by atoms with Crippen molar-refractivity contribution in [3.8, 4) is 11.5 Å². The number of non-ortho nitro benzene ring substituents is 1. The number of hydrogen-bond acceptors (Lipinski definition) is 8. The summed E-state index contributed by atoms with van der Waals surface area (Å²) in [6.07, 6.45) is 0. The van der Waals surface area contributed by atoms with Gasteiger partial charge in [0.1, 0.15) is 0 Å². The Morgan fingerprint density at radius 2 is 1.90 bits per heavy atom. The molecule has 9 nitrogen and oxygen atoms in total. The molecule has 0 bridgehead atoms. The normalized spacial score (nSPS) is 11.7. The van der Waals surface area contributed by atoms with Crippen molar-refractivity contribution in [3.63, 3.8) is 0 Å². The molecule has 0 saturated carbocycles. The molecule has 148 valence electrons. The molecule has 0 radical (unpaired) electrons. The first-order valence-corrected chi connectivity index (χ1v) is 9.38. The molecule has 29 heavy (non-hydrogen) atoms. The van der Waals surface area contributed by atoms with Gasteiger partial charge in [0, 0.05) is 28.9 Å². The van der Waals surface area contributed by atoms with Crippen LogP contribution < -0.4 is 5.32 Å². The van der Waals surface area contributed by atoms with Crippen LogP contribution in [0.5, 0.6) is 0 Å². The van der Waals surface area contributed by atoms with Crippen molar-refractivity contribution in [2.75, 3.05) is 5.32 Å². The minimum atomic E-state index is -0.541. The van der Waals surface area contributed by atoms with E-state index in [0.717, 1.165) is 11.8 Å². The minimum Gasteiger partial charge on any atom is -0.411 e. The van der Waals surface area contributed by atoms with Gasteiger partial charge < -0.3 is 9.73 Å². The van der Waals surface area contributed by atoms with Crippen LogP contribution in [0.15, 0.2) is 58.2 Å². The predicted molar refractivity (Wildman–Crippen MR) is 107 cm³/mol. The van der Waals surface area contributed by atoms with Gasteiger partial charge in [-0.05, 0) is 44.2 Å². The summed E-state index contributed by atoms with van der Waals surface area (Å²) in [6.45, 7) is 3.15. The third-order valence-electron chi connectivity index (χ3n) is 3.92. The largest absolute Gasteiger partial charge is 0.411 e. The van der Waals surface area contributed by atoms with E-state index in [4.69, 9.17) is 4.42 Å².